The van der Waals surface area contributed by atoms with Crippen LogP contribution in [0.3, 0.4) is 0 Å². The number of rotatable bonds is 6. The molecule has 1 aromatic rings. The molecule has 2 fully saturated rings. The van der Waals surface area contributed by atoms with Gasteiger partial charge in [-0.1, -0.05) is 0 Å². The predicted molar refractivity (Wildman–Crippen MR) is 91.2 cm³/mol. The highest BCUT2D eigenvalue weighted by molar-refractivity contribution is 5.49. The molecule has 0 spiro atoms. The lowest BCUT2D eigenvalue weighted by Crippen LogP contribution is -2.30. The molecule has 3 rings (SSSR count). The molecule has 0 aromatic carbocycles. The first kappa shape index (κ1) is 16.5. The molecular formula is C17H28N4O2. The highest BCUT2D eigenvalue weighted by Crippen LogP contribution is 2.23. The Balaban J connectivity index is 1.67. The zero-order valence-electron chi connectivity index (χ0n) is 14.5. The third kappa shape index (κ3) is 4.12. The molecule has 23 heavy (non-hydrogen) atoms. The van der Waals surface area contributed by atoms with Crippen molar-refractivity contribution >= 4 is 11.8 Å². The molecule has 1 aromatic heterocycles. The molecule has 6 heteroatoms. The molecule has 0 amide bonds. The largest absolute Gasteiger partial charge is 0.381 e. The summed E-state index contributed by atoms with van der Waals surface area (Å²) in [5.74, 6) is 3.01. The van der Waals surface area contributed by atoms with Crippen molar-refractivity contribution in [3.63, 3.8) is 0 Å². The quantitative estimate of drug-likeness (QED) is 0.796. The fourth-order valence-electron chi connectivity index (χ4n) is 3.39. The Labute approximate surface area is 138 Å². The molecule has 6 nitrogen and oxygen atoms in total. The topological polar surface area (TPSA) is 50.7 Å². The minimum atomic E-state index is 0.585. The fraction of sp³-hybridized carbons (Fsp3) is 0.765. The van der Waals surface area contributed by atoms with Crippen molar-refractivity contribution in [3.05, 3.63) is 11.8 Å². The average molecular weight is 320 g/mol. The zero-order valence-corrected chi connectivity index (χ0v) is 14.5. The van der Waals surface area contributed by atoms with Crippen LogP contribution < -0.4 is 9.80 Å². The van der Waals surface area contributed by atoms with Gasteiger partial charge in [0.05, 0.1) is 13.2 Å². The molecule has 2 aliphatic heterocycles. The molecular weight excluding hydrogens is 292 g/mol. The molecule has 3 heterocycles. The van der Waals surface area contributed by atoms with E-state index in [1.807, 2.05) is 6.20 Å². The monoisotopic (exact) mass is 320 g/mol. The van der Waals surface area contributed by atoms with Gasteiger partial charge in [0, 0.05) is 64.0 Å². The number of hydrogen-bond acceptors (Lipinski definition) is 6. The molecule has 0 radical (unpaired) electrons. The molecule has 0 aliphatic carbocycles. The van der Waals surface area contributed by atoms with Gasteiger partial charge in [-0.3, -0.25) is 0 Å². The van der Waals surface area contributed by atoms with Gasteiger partial charge in [0.15, 0.2) is 0 Å². The Morgan fingerprint density at radius 3 is 2.22 bits per heavy atom. The molecule has 0 N–H and O–H groups in total. The number of hydrogen-bond donors (Lipinski definition) is 0. The van der Waals surface area contributed by atoms with E-state index in [0.29, 0.717) is 11.8 Å². The average Bonchev–Trinajstić information content (AvgIpc) is 3.21. The smallest absolute Gasteiger partial charge is 0.227 e. The zero-order chi connectivity index (χ0) is 16.2. The Bertz CT molecular complexity index is 513. The third-order valence-corrected chi connectivity index (χ3v) is 4.75. The van der Waals surface area contributed by atoms with E-state index in [9.17, 15) is 0 Å². The first-order chi connectivity index (χ1) is 11.1. The first-order valence-corrected chi connectivity index (χ1v) is 8.55. The lowest BCUT2D eigenvalue weighted by Gasteiger charge is -2.25. The van der Waals surface area contributed by atoms with Gasteiger partial charge in [-0.2, -0.15) is 4.98 Å². The van der Waals surface area contributed by atoms with Gasteiger partial charge in [0.25, 0.3) is 0 Å². The third-order valence-electron chi connectivity index (χ3n) is 4.75. The van der Waals surface area contributed by atoms with Crippen molar-refractivity contribution in [2.24, 2.45) is 11.8 Å². The first-order valence-electron chi connectivity index (χ1n) is 8.55. The molecule has 0 bridgehead atoms. The molecule has 128 valence electrons. The van der Waals surface area contributed by atoms with E-state index >= 15 is 0 Å². The Hall–Kier alpha value is -1.40. The van der Waals surface area contributed by atoms with Crippen LogP contribution in [0, 0.1) is 18.8 Å². The van der Waals surface area contributed by atoms with Gasteiger partial charge in [-0.05, 0) is 19.8 Å². The Kier molecular flexibility index (Phi) is 5.33. The number of anilines is 2. The van der Waals surface area contributed by atoms with E-state index in [4.69, 9.17) is 14.5 Å². The highest BCUT2D eigenvalue weighted by Gasteiger charge is 2.21. The van der Waals surface area contributed by atoms with Crippen LogP contribution in [-0.4, -0.2) is 63.6 Å². The summed E-state index contributed by atoms with van der Waals surface area (Å²) in [7, 11) is 4.18. The Morgan fingerprint density at radius 2 is 1.65 bits per heavy atom. The maximum absolute atomic E-state index is 5.48. The minimum absolute atomic E-state index is 0.585. The number of ether oxygens (including phenoxy) is 2. The second-order valence-corrected chi connectivity index (χ2v) is 6.90. The summed E-state index contributed by atoms with van der Waals surface area (Å²) in [4.78, 5) is 13.7. The summed E-state index contributed by atoms with van der Waals surface area (Å²) >= 11 is 0. The number of aryl methyl sites for hydroxylation is 1. The minimum Gasteiger partial charge on any atom is -0.381 e. The summed E-state index contributed by atoms with van der Waals surface area (Å²) < 4.78 is 10.9. The molecule has 0 saturated carbocycles. The van der Waals surface area contributed by atoms with E-state index in [0.717, 1.165) is 69.7 Å². The van der Waals surface area contributed by atoms with Gasteiger partial charge in [0.2, 0.25) is 5.95 Å². The van der Waals surface area contributed by atoms with Crippen LogP contribution >= 0.6 is 0 Å². The highest BCUT2D eigenvalue weighted by atomic mass is 16.5. The maximum Gasteiger partial charge on any atom is 0.227 e. The van der Waals surface area contributed by atoms with Crippen molar-refractivity contribution in [1.29, 1.82) is 0 Å². The second-order valence-electron chi connectivity index (χ2n) is 6.90. The summed E-state index contributed by atoms with van der Waals surface area (Å²) in [5, 5.41) is 0. The van der Waals surface area contributed by atoms with Crippen molar-refractivity contribution in [1.82, 2.24) is 9.97 Å². The fourth-order valence-corrected chi connectivity index (χ4v) is 3.39. The van der Waals surface area contributed by atoms with Crippen LogP contribution in [0.4, 0.5) is 11.8 Å². The van der Waals surface area contributed by atoms with Crippen molar-refractivity contribution in [3.8, 4) is 0 Å². The molecule has 2 saturated heterocycles. The molecule has 2 aliphatic rings. The number of nitrogens with zero attached hydrogens (tertiary/aromatic N) is 4. The van der Waals surface area contributed by atoms with Crippen LogP contribution in [-0.2, 0) is 9.47 Å². The van der Waals surface area contributed by atoms with Crippen LogP contribution in [0.1, 0.15) is 18.4 Å². The SMILES string of the molecule is Cc1cnc(N(C)C[C@@H]2CCOC2)nc1N(C)C[C@@H]1CCOC1. The van der Waals surface area contributed by atoms with Crippen LogP contribution in [0.2, 0.25) is 0 Å². The van der Waals surface area contributed by atoms with Crippen LogP contribution in [0.25, 0.3) is 0 Å². The second kappa shape index (κ2) is 7.45. The lowest BCUT2D eigenvalue weighted by atomic mass is 10.1. The summed E-state index contributed by atoms with van der Waals surface area (Å²) in [6, 6.07) is 0. The summed E-state index contributed by atoms with van der Waals surface area (Å²) in [5.41, 5.74) is 1.12. The van der Waals surface area contributed by atoms with Crippen LogP contribution in [0.5, 0.6) is 0 Å². The predicted octanol–water partition coefficient (Wildman–Crippen LogP) is 1.73. The van der Waals surface area contributed by atoms with Crippen molar-refractivity contribution in [2.45, 2.75) is 19.8 Å². The van der Waals surface area contributed by atoms with Gasteiger partial charge in [0.1, 0.15) is 5.82 Å². The Morgan fingerprint density at radius 1 is 1.04 bits per heavy atom. The van der Waals surface area contributed by atoms with E-state index in [1.54, 1.807) is 0 Å². The van der Waals surface area contributed by atoms with E-state index < -0.39 is 0 Å². The lowest BCUT2D eigenvalue weighted by molar-refractivity contribution is 0.186. The van der Waals surface area contributed by atoms with E-state index in [-0.39, 0.29) is 0 Å². The normalized spacial score (nSPS) is 24.1. The van der Waals surface area contributed by atoms with E-state index in [1.165, 1.54) is 0 Å². The molecule has 0 unspecified atom stereocenters. The van der Waals surface area contributed by atoms with Crippen molar-refractivity contribution < 1.29 is 9.47 Å². The van der Waals surface area contributed by atoms with E-state index in [2.05, 4.69) is 35.8 Å². The molecule has 2 atom stereocenters. The van der Waals surface area contributed by atoms with Gasteiger partial charge < -0.3 is 19.3 Å². The summed E-state index contributed by atoms with van der Waals surface area (Å²) in [6.07, 6.45) is 4.20. The van der Waals surface area contributed by atoms with Crippen molar-refractivity contribution in [2.75, 3.05) is 63.4 Å². The van der Waals surface area contributed by atoms with Gasteiger partial charge in [-0.15, -0.1) is 0 Å². The van der Waals surface area contributed by atoms with Crippen LogP contribution in [0.15, 0.2) is 6.20 Å². The summed E-state index contributed by atoms with van der Waals surface area (Å²) in [6.45, 7) is 7.49. The van der Waals surface area contributed by atoms with Gasteiger partial charge >= 0.3 is 0 Å². The number of aromatic nitrogens is 2. The maximum atomic E-state index is 5.48. The van der Waals surface area contributed by atoms with Gasteiger partial charge in [-0.25, -0.2) is 4.98 Å². The standard InChI is InChI=1S/C17H28N4O2/c1-13-8-18-17(21(3)10-15-5-7-23-12-15)19-16(13)20(2)9-14-4-6-22-11-14/h8,14-15H,4-7,9-12H2,1-3H3/t14-,15-/m0/s1.